The zero-order chi connectivity index (χ0) is 8.27. The molecule has 0 aromatic heterocycles. The summed E-state index contributed by atoms with van der Waals surface area (Å²) in [7, 11) is 0. The number of Topliss-reactive ketones (excluding diaryl/α,β-unsaturated/α-hetero) is 1. The molecule has 0 unspecified atom stereocenters. The predicted octanol–water partition coefficient (Wildman–Crippen LogP) is 2.89. The highest BCUT2D eigenvalue weighted by atomic mass is 35.5. The van der Waals surface area contributed by atoms with E-state index in [0.717, 1.165) is 5.56 Å². The van der Waals surface area contributed by atoms with Gasteiger partial charge in [0, 0.05) is 11.4 Å². The first-order valence-electron chi connectivity index (χ1n) is 3.42. The van der Waals surface area contributed by atoms with Crippen LogP contribution in [0.5, 0.6) is 0 Å². The molecule has 0 amide bonds. The van der Waals surface area contributed by atoms with Gasteiger partial charge in [-0.3, -0.25) is 4.79 Å². The number of ketones is 1. The van der Waals surface area contributed by atoms with Gasteiger partial charge in [-0.25, -0.2) is 0 Å². The van der Waals surface area contributed by atoms with Gasteiger partial charge < -0.3 is 0 Å². The zero-order valence-electron chi connectivity index (χ0n) is 6.71. The normalized spacial score (nSPS) is 8.83. The molecule has 0 bridgehead atoms. The second kappa shape index (κ2) is 5.18. The Morgan fingerprint density at radius 2 is 1.83 bits per heavy atom. The molecule has 0 aliphatic carbocycles. The second-order valence-electron chi connectivity index (χ2n) is 2.51. The van der Waals surface area contributed by atoms with Crippen LogP contribution in [0.25, 0.3) is 0 Å². The van der Waals surface area contributed by atoms with E-state index < -0.39 is 0 Å². The molecule has 12 heavy (non-hydrogen) atoms. The Morgan fingerprint density at radius 1 is 1.33 bits per heavy atom. The Bertz CT molecular complexity index is 254. The molecule has 66 valence electrons. The average molecular weight is 205 g/mol. The third-order valence-electron chi connectivity index (χ3n) is 1.37. The van der Waals surface area contributed by atoms with Crippen molar-refractivity contribution < 1.29 is 4.79 Å². The van der Waals surface area contributed by atoms with Crippen molar-refractivity contribution >= 4 is 29.8 Å². The van der Waals surface area contributed by atoms with Crippen LogP contribution in [0.3, 0.4) is 0 Å². The van der Waals surface area contributed by atoms with E-state index in [0.29, 0.717) is 11.4 Å². The van der Waals surface area contributed by atoms with Crippen molar-refractivity contribution in [3.8, 4) is 0 Å². The summed E-state index contributed by atoms with van der Waals surface area (Å²) in [6.07, 6.45) is 0.497. The van der Waals surface area contributed by atoms with Crippen LogP contribution < -0.4 is 0 Å². The Balaban J connectivity index is 0.00000121. The molecule has 0 radical (unpaired) electrons. The summed E-state index contributed by atoms with van der Waals surface area (Å²) in [6, 6.07) is 7.31. The Morgan fingerprint density at radius 3 is 2.25 bits per heavy atom. The first-order valence-corrected chi connectivity index (χ1v) is 3.80. The SMILES string of the molecule is CC(=O)Cc1ccc(Cl)cc1.Cl. The first kappa shape index (κ1) is 11.5. The lowest BCUT2D eigenvalue weighted by molar-refractivity contribution is -0.116. The summed E-state index contributed by atoms with van der Waals surface area (Å²) < 4.78 is 0. The minimum absolute atomic E-state index is 0. The van der Waals surface area contributed by atoms with Crippen molar-refractivity contribution in [3.63, 3.8) is 0 Å². The number of benzene rings is 1. The molecule has 3 heteroatoms. The van der Waals surface area contributed by atoms with Crippen LogP contribution >= 0.6 is 24.0 Å². The highest BCUT2D eigenvalue weighted by Crippen LogP contribution is 2.09. The summed E-state index contributed by atoms with van der Waals surface area (Å²) in [5.74, 6) is 0.173. The Kier molecular flexibility index (Phi) is 4.95. The van der Waals surface area contributed by atoms with Crippen molar-refractivity contribution in [2.75, 3.05) is 0 Å². The molecule has 0 N–H and O–H groups in total. The van der Waals surface area contributed by atoms with Gasteiger partial charge in [-0.1, -0.05) is 23.7 Å². The van der Waals surface area contributed by atoms with E-state index in [2.05, 4.69) is 0 Å². The number of carbonyl (C=O) groups is 1. The predicted molar refractivity (Wildman–Crippen MR) is 53.1 cm³/mol. The molecule has 1 rings (SSSR count). The van der Waals surface area contributed by atoms with E-state index in [1.807, 2.05) is 12.1 Å². The lowest BCUT2D eigenvalue weighted by Gasteiger charge is -1.95. The molecule has 0 aliphatic heterocycles. The molecular formula is C9H10Cl2O. The summed E-state index contributed by atoms with van der Waals surface area (Å²) in [4.78, 5) is 10.7. The van der Waals surface area contributed by atoms with Crippen LogP contribution in [0.2, 0.25) is 5.02 Å². The van der Waals surface area contributed by atoms with Crippen LogP contribution in [0.15, 0.2) is 24.3 Å². The molecule has 0 atom stereocenters. The van der Waals surface area contributed by atoms with Crippen molar-refractivity contribution in [1.29, 1.82) is 0 Å². The van der Waals surface area contributed by atoms with Gasteiger partial charge >= 0.3 is 0 Å². The maximum absolute atomic E-state index is 10.7. The molecule has 1 aromatic carbocycles. The maximum atomic E-state index is 10.7. The van der Waals surface area contributed by atoms with Gasteiger partial charge in [0.05, 0.1) is 0 Å². The summed E-state index contributed by atoms with van der Waals surface area (Å²) >= 11 is 5.66. The number of carbonyl (C=O) groups excluding carboxylic acids is 1. The van der Waals surface area contributed by atoms with Gasteiger partial charge in [-0.05, 0) is 24.6 Å². The van der Waals surface area contributed by atoms with E-state index in [-0.39, 0.29) is 18.2 Å². The standard InChI is InChI=1S/C9H9ClO.ClH/c1-7(11)6-8-2-4-9(10)5-3-8;/h2-5H,6H2,1H3;1H. The fourth-order valence-corrected chi connectivity index (χ4v) is 1.02. The van der Waals surface area contributed by atoms with Gasteiger partial charge in [-0.15, -0.1) is 12.4 Å². The van der Waals surface area contributed by atoms with Gasteiger partial charge in [0.1, 0.15) is 5.78 Å². The summed E-state index contributed by atoms with van der Waals surface area (Å²) in [5.41, 5.74) is 1.02. The van der Waals surface area contributed by atoms with E-state index in [4.69, 9.17) is 11.6 Å². The van der Waals surface area contributed by atoms with Gasteiger partial charge in [0.2, 0.25) is 0 Å². The van der Waals surface area contributed by atoms with Crippen LogP contribution in [-0.4, -0.2) is 5.78 Å². The van der Waals surface area contributed by atoms with Crippen molar-refractivity contribution in [1.82, 2.24) is 0 Å². The van der Waals surface area contributed by atoms with E-state index in [1.54, 1.807) is 19.1 Å². The maximum Gasteiger partial charge on any atom is 0.134 e. The largest absolute Gasteiger partial charge is 0.300 e. The fraction of sp³-hybridized carbons (Fsp3) is 0.222. The summed E-state index contributed by atoms with van der Waals surface area (Å²) in [6.45, 7) is 1.58. The number of hydrogen-bond acceptors (Lipinski definition) is 1. The monoisotopic (exact) mass is 204 g/mol. The Hall–Kier alpha value is -0.530. The quantitative estimate of drug-likeness (QED) is 0.725. The van der Waals surface area contributed by atoms with Crippen LogP contribution in [-0.2, 0) is 11.2 Å². The zero-order valence-corrected chi connectivity index (χ0v) is 8.28. The highest BCUT2D eigenvalue weighted by Gasteiger charge is 1.95. The minimum Gasteiger partial charge on any atom is -0.300 e. The van der Waals surface area contributed by atoms with Crippen molar-refractivity contribution in [2.24, 2.45) is 0 Å². The minimum atomic E-state index is 0. The highest BCUT2D eigenvalue weighted by molar-refractivity contribution is 6.30. The molecule has 0 saturated carbocycles. The molecule has 0 heterocycles. The third-order valence-corrected chi connectivity index (χ3v) is 1.62. The van der Waals surface area contributed by atoms with Crippen LogP contribution in [0, 0.1) is 0 Å². The van der Waals surface area contributed by atoms with Gasteiger partial charge in [-0.2, -0.15) is 0 Å². The van der Waals surface area contributed by atoms with Crippen molar-refractivity contribution in [3.05, 3.63) is 34.9 Å². The van der Waals surface area contributed by atoms with Crippen molar-refractivity contribution in [2.45, 2.75) is 13.3 Å². The molecule has 0 spiro atoms. The number of hydrogen-bond donors (Lipinski definition) is 0. The van der Waals surface area contributed by atoms with Gasteiger partial charge in [0.25, 0.3) is 0 Å². The Labute approximate surface area is 83.1 Å². The molecule has 0 aliphatic rings. The lowest BCUT2D eigenvalue weighted by Crippen LogP contribution is -1.94. The molecule has 1 aromatic rings. The molecule has 1 nitrogen and oxygen atoms in total. The number of rotatable bonds is 2. The summed E-state index contributed by atoms with van der Waals surface area (Å²) in [5, 5.41) is 0.706. The number of halogens is 2. The van der Waals surface area contributed by atoms with E-state index in [1.165, 1.54) is 0 Å². The second-order valence-corrected chi connectivity index (χ2v) is 2.94. The average Bonchev–Trinajstić information content (AvgIpc) is 1.93. The molecular weight excluding hydrogens is 195 g/mol. The van der Waals surface area contributed by atoms with Crippen LogP contribution in [0.4, 0.5) is 0 Å². The van der Waals surface area contributed by atoms with Gasteiger partial charge in [0.15, 0.2) is 0 Å². The smallest absolute Gasteiger partial charge is 0.134 e. The molecule has 0 saturated heterocycles. The lowest BCUT2D eigenvalue weighted by atomic mass is 10.1. The van der Waals surface area contributed by atoms with E-state index >= 15 is 0 Å². The van der Waals surface area contributed by atoms with E-state index in [9.17, 15) is 4.79 Å². The first-order chi connectivity index (χ1) is 5.18. The topological polar surface area (TPSA) is 17.1 Å². The third kappa shape index (κ3) is 3.74. The van der Waals surface area contributed by atoms with Crippen LogP contribution in [0.1, 0.15) is 12.5 Å². The fourth-order valence-electron chi connectivity index (χ4n) is 0.890. The molecule has 0 fully saturated rings.